The lowest BCUT2D eigenvalue weighted by atomic mass is 9.73. The largest absolute Gasteiger partial charge is 0.497 e. The number of fused-ring (bicyclic) bond motifs is 9. The van der Waals surface area contributed by atoms with Crippen molar-refractivity contribution in [1.82, 2.24) is 14.8 Å². The van der Waals surface area contributed by atoms with E-state index in [-0.39, 0.29) is 31.5 Å². The maximum absolute atomic E-state index is 14.0. The molecule has 2 aromatic heterocycles. The number of thiophene rings is 1. The molecule has 0 saturated carbocycles. The molecule has 3 fully saturated rings. The summed E-state index contributed by atoms with van der Waals surface area (Å²) in [6.07, 6.45) is 7.92. The summed E-state index contributed by atoms with van der Waals surface area (Å²) < 4.78 is 18.2. The van der Waals surface area contributed by atoms with E-state index >= 15 is 0 Å². The van der Waals surface area contributed by atoms with Crippen LogP contribution in [0.1, 0.15) is 34.9 Å². The molecular weight excluding hydrogens is 586 g/mol. The van der Waals surface area contributed by atoms with Gasteiger partial charge in [0.2, 0.25) is 5.91 Å². The van der Waals surface area contributed by atoms with Crippen molar-refractivity contribution in [2.45, 2.75) is 38.0 Å². The Hall–Kier alpha value is -4.21. The lowest BCUT2D eigenvalue weighted by Gasteiger charge is -2.51. The molecule has 0 N–H and O–H groups in total. The van der Waals surface area contributed by atoms with Crippen molar-refractivity contribution in [2.24, 2.45) is 11.8 Å². The molecule has 5 aliphatic heterocycles. The summed E-state index contributed by atoms with van der Waals surface area (Å²) in [5.74, 6) is 1.80. The van der Waals surface area contributed by atoms with E-state index < -0.39 is 12.1 Å². The molecular formula is C36H37N3O5S. The number of esters is 1. The Kier molecular flexibility index (Phi) is 8.54. The average molecular weight is 624 g/mol. The predicted molar refractivity (Wildman–Crippen MR) is 173 cm³/mol. The second-order valence-corrected chi connectivity index (χ2v) is 13.1. The summed E-state index contributed by atoms with van der Waals surface area (Å²) in [6.45, 7) is 2.44. The SMILES string of the molecule is COc1ccc2nccc([C@H]3OC(=O)CN(C(=O)Cc4cccs4)Cc4cccc(c4)OCC=CC4CN5CCC4CC35)c2c1. The predicted octanol–water partition coefficient (Wildman–Crippen LogP) is 5.82. The highest BCUT2D eigenvalue weighted by molar-refractivity contribution is 7.10. The van der Waals surface area contributed by atoms with E-state index in [1.165, 1.54) is 11.3 Å². The first-order chi connectivity index (χ1) is 22.0. The molecule has 232 valence electrons. The van der Waals surface area contributed by atoms with Crippen molar-refractivity contribution in [2.75, 3.05) is 33.4 Å². The molecule has 9 rings (SSSR count). The second kappa shape index (κ2) is 13.0. The van der Waals surface area contributed by atoms with Crippen LogP contribution in [-0.2, 0) is 27.3 Å². The van der Waals surface area contributed by atoms with Gasteiger partial charge >= 0.3 is 5.97 Å². The highest BCUT2D eigenvalue weighted by Gasteiger charge is 2.44. The fourth-order valence-corrected chi connectivity index (χ4v) is 7.78. The van der Waals surface area contributed by atoms with Gasteiger partial charge in [0.15, 0.2) is 0 Å². The van der Waals surface area contributed by atoms with Crippen molar-refractivity contribution in [1.29, 1.82) is 0 Å². The van der Waals surface area contributed by atoms with Crippen LogP contribution in [0.25, 0.3) is 10.9 Å². The highest BCUT2D eigenvalue weighted by atomic mass is 32.1. The molecule has 7 heterocycles. The Morgan fingerprint density at radius 2 is 2.04 bits per heavy atom. The lowest BCUT2D eigenvalue weighted by Crippen LogP contribution is -2.55. The van der Waals surface area contributed by atoms with Gasteiger partial charge in [-0.3, -0.25) is 19.5 Å². The molecule has 5 aliphatic rings. The van der Waals surface area contributed by atoms with Crippen LogP contribution >= 0.6 is 11.3 Å². The third-order valence-corrected chi connectivity index (χ3v) is 10.2. The van der Waals surface area contributed by atoms with Crippen LogP contribution in [0.4, 0.5) is 0 Å². The van der Waals surface area contributed by atoms with Crippen molar-refractivity contribution in [3.05, 3.63) is 100 Å². The van der Waals surface area contributed by atoms with Gasteiger partial charge in [-0.2, -0.15) is 0 Å². The minimum Gasteiger partial charge on any atom is -0.497 e. The van der Waals surface area contributed by atoms with Gasteiger partial charge in [0.05, 0.1) is 25.1 Å². The van der Waals surface area contributed by atoms with Crippen molar-refractivity contribution in [3.8, 4) is 11.5 Å². The molecule has 0 aliphatic carbocycles. The van der Waals surface area contributed by atoms with Gasteiger partial charge in [-0.25, -0.2) is 0 Å². The minimum absolute atomic E-state index is 0.00589. The number of hydrogen-bond donors (Lipinski definition) is 0. The number of methoxy groups -OCH3 is 1. The van der Waals surface area contributed by atoms with E-state index in [1.807, 2.05) is 66.0 Å². The smallest absolute Gasteiger partial charge is 0.326 e. The van der Waals surface area contributed by atoms with Crippen LogP contribution < -0.4 is 9.47 Å². The van der Waals surface area contributed by atoms with Crippen molar-refractivity contribution in [3.63, 3.8) is 0 Å². The first-order valence-corrected chi connectivity index (χ1v) is 16.5. The van der Waals surface area contributed by atoms with Gasteiger partial charge in [0.25, 0.3) is 0 Å². The van der Waals surface area contributed by atoms with Gasteiger partial charge in [-0.15, -0.1) is 11.3 Å². The summed E-state index contributed by atoms with van der Waals surface area (Å²) in [5.41, 5.74) is 2.62. The molecule has 9 heteroatoms. The van der Waals surface area contributed by atoms with Crippen LogP contribution in [0.2, 0.25) is 0 Å². The van der Waals surface area contributed by atoms with Crippen molar-refractivity contribution < 1.29 is 23.8 Å². The number of aromatic nitrogens is 1. The standard InChI is InChI=1S/C36H37N3O5S/c1-42-27-9-10-32-31(19-27)30(11-13-37-32)36-33-18-25-12-14-38(33)22-26(25)6-3-15-43-28-7-2-5-24(17-28)21-39(23-35(41)44-36)34(40)20-29-8-4-16-45-29/h2-11,13,16-17,19,25-26,33,36H,12,14-15,18,20-23H2,1H3/t25?,26?,33?,36-/m1/s1. The van der Waals surface area contributed by atoms with E-state index in [2.05, 4.69) is 22.0 Å². The van der Waals surface area contributed by atoms with E-state index in [4.69, 9.17) is 14.2 Å². The van der Waals surface area contributed by atoms with Crippen LogP contribution in [0.15, 0.2) is 84.4 Å². The van der Waals surface area contributed by atoms with E-state index in [0.717, 1.165) is 64.3 Å². The molecule has 45 heavy (non-hydrogen) atoms. The number of amides is 1. The highest BCUT2D eigenvalue weighted by Crippen LogP contribution is 2.44. The van der Waals surface area contributed by atoms with Crippen molar-refractivity contribution >= 4 is 34.1 Å². The molecule has 0 radical (unpaired) electrons. The van der Waals surface area contributed by atoms with Gasteiger partial charge in [-0.05, 0) is 84.6 Å². The number of rotatable bonds is 4. The fourth-order valence-electron chi connectivity index (χ4n) is 7.08. The third kappa shape index (κ3) is 6.46. The second-order valence-electron chi connectivity index (χ2n) is 12.1. The molecule has 8 nitrogen and oxygen atoms in total. The lowest BCUT2D eigenvalue weighted by molar-refractivity contribution is -0.161. The van der Waals surface area contributed by atoms with Gasteiger partial charge < -0.3 is 19.1 Å². The molecule has 2 aromatic carbocycles. The van der Waals surface area contributed by atoms with Crippen LogP contribution in [0, 0.1) is 11.8 Å². The Labute approximate surface area is 267 Å². The molecule has 5 atom stereocenters. The summed E-state index contributed by atoms with van der Waals surface area (Å²) in [6, 6.07) is 19.4. The monoisotopic (exact) mass is 623 g/mol. The average Bonchev–Trinajstić information content (AvgIpc) is 3.58. The maximum Gasteiger partial charge on any atom is 0.326 e. The molecule has 3 saturated heterocycles. The van der Waals surface area contributed by atoms with Crippen LogP contribution in [0.5, 0.6) is 11.5 Å². The van der Waals surface area contributed by atoms with E-state index in [9.17, 15) is 9.59 Å². The minimum atomic E-state index is -0.528. The number of nitrogens with zero attached hydrogens (tertiary/aromatic N) is 3. The molecule has 1 amide bonds. The zero-order valence-electron chi connectivity index (χ0n) is 25.3. The molecule has 6 bridgehead atoms. The van der Waals surface area contributed by atoms with E-state index in [0.29, 0.717) is 18.4 Å². The molecule has 0 spiro atoms. The number of carbonyl (C=O) groups is 2. The Balaban J connectivity index is 1.27. The first-order valence-electron chi connectivity index (χ1n) is 15.6. The summed E-state index contributed by atoms with van der Waals surface area (Å²) in [7, 11) is 1.65. The maximum atomic E-state index is 14.0. The number of benzene rings is 2. The Morgan fingerprint density at radius 3 is 2.87 bits per heavy atom. The summed E-state index contributed by atoms with van der Waals surface area (Å²) in [4.78, 5) is 37.3. The number of ether oxygens (including phenoxy) is 3. The molecule has 4 aromatic rings. The number of pyridine rings is 1. The first kappa shape index (κ1) is 29.5. The summed E-state index contributed by atoms with van der Waals surface area (Å²) >= 11 is 1.54. The molecule has 4 unspecified atom stereocenters. The Bertz CT molecular complexity index is 1710. The van der Waals surface area contributed by atoms with E-state index in [1.54, 1.807) is 18.2 Å². The fraction of sp³-hybridized carbons (Fsp3) is 0.361. The van der Waals surface area contributed by atoms with Gasteiger partial charge in [0.1, 0.15) is 30.8 Å². The summed E-state index contributed by atoms with van der Waals surface area (Å²) in [5, 5.41) is 2.86. The van der Waals surface area contributed by atoms with Crippen LogP contribution in [0.3, 0.4) is 0 Å². The van der Waals surface area contributed by atoms with Crippen LogP contribution in [-0.4, -0.2) is 66.1 Å². The zero-order chi connectivity index (χ0) is 30.8. The topological polar surface area (TPSA) is 81.2 Å². The van der Waals surface area contributed by atoms with Gasteiger partial charge in [-0.1, -0.05) is 30.4 Å². The normalized spacial score (nSPS) is 25.0. The quantitative estimate of drug-likeness (QED) is 0.209. The third-order valence-electron chi connectivity index (χ3n) is 9.33. The number of hydrogen-bond acceptors (Lipinski definition) is 8. The number of piperidine rings is 3. The van der Waals surface area contributed by atoms with Gasteiger partial charge in [0, 0.05) is 35.1 Å². The Morgan fingerprint density at radius 1 is 1.11 bits per heavy atom. The number of carbonyl (C=O) groups excluding carboxylic acids is 2. The zero-order valence-corrected chi connectivity index (χ0v) is 26.2.